The normalized spacial score (nSPS) is 19.6. The monoisotopic (exact) mass is 225 g/mol. The second-order valence-corrected chi connectivity index (χ2v) is 4.54. The van der Waals surface area contributed by atoms with E-state index in [1.54, 1.807) is 25.3 Å². The summed E-state index contributed by atoms with van der Waals surface area (Å²) in [5.74, 6) is -0.549. The molecule has 0 bridgehead atoms. The van der Waals surface area contributed by atoms with Crippen LogP contribution in [0.25, 0.3) is 0 Å². The predicted octanol–water partition coefficient (Wildman–Crippen LogP) is 2.49. The van der Waals surface area contributed by atoms with E-state index in [-0.39, 0.29) is 5.92 Å². The molecule has 4 heteroatoms. The Morgan fingerprint density at radius 3 is 2.67 bits per heavy atom. The fraction of sp³-hybridized carbons (Fsp3) is 0.455. The van der Waals surface area contributed by atoms with Gasteiger partial charge in [0.15, 0.2) is 0 Å². The van der Waals surface area contributed by atoms with Crippen LogP contribution in [0.1, 0.15) is 25.3 Å². The molecule has 1 heterocycles. The lowest BCUT2D eigenvalue weighted by atomic mass is 9.79. The van der Waals surface area contributed by atoms with Crippen LogP contribution in [0.4, 0.5) is 0 Å². The topological polar surface area (TPSA) is 50.2 Å². The van der Waals surface area contributed by atoms with Gasteiger partial charge in [0, 0.05) is 6.20 Å². The van der Waals surface area contributed by atoms with E-state index in [1.807, 2.05) is 0 Å². The summed E-state index contributed by atoms with van der Waals surface area (Å²) in [5, 5.41) is 9.70. The quantitative estimate of drug-likeness (QED) is 0.805. The Hall–Kier alpha value is -1.09. The van der Waals surface area contributed by atoms with E-state index in [0.29, 0.717) is 5.15 Å². The first-order chi connectivity index (χ1) is 7.05. The number of aromatic nitrogens is 1. The highest BCUT2D eigenvalue weighted by Gasteiger charge is 2.48. The van der Waals surface area contributed by atoms with Gasteiger partial charge in [0.05, 0.1) is 5.41 Å². The lowest BCUT2D eigenvalue weighted by Gasteiger charge is -2.24. The summed E-state index contributed by atoms with van der Waals surface area (Å²) in [7, 11) is 0. The number of carbonyl (C=O) groups is 1. The predicted molar refractivity (Wildman–Crippen MR) is 57.0 cm³/mol. The van der Waals surface area contributed by atoms with Gasteiger partial charge in [-0.3, -0.25) is 4.79 Å². The number of carboxylic acid groups (broad SMARTS) is 1. The molecule has 1 aromatic heterocycles. The maximum Gasteiger partial charge on any atom is 0.314 e. The number of halogens is 1. The Kier molecular flexibility index (Phi) is 2.43. The molecule has 0 spiro atoms. The van der Waals surface area contributed by atoms with E-state index in [2.05, 4.69) is 4.98 Å². The van der Waals surface area contributed by atoms with Crippen LogP contribution in [0, 0.1) is 5.92 Å². The summed E-state index contributed by atoms with van der Waals surface area (Å²) in [6.45, 7) is 1.76. The van der Waals surface area contributed by atoms with Crippen molar-refractivity contribution < 1.29 is 9.90 Å². The molecular formula is C11H12ClNO2. The van der Waals surface area contributed by atoms with Crippen molar-refractivity contribution in [3.05, 3.63) is 29.0 Å². The summed E-state index contributed by atoms with van der Waals surface area (Å²) in [4.78, 5) is 15.3. The van der Waals surface area contributed by atoms with Gasteiger partial charge in [-0.2, -0.15) is 0 Å². The van der Waals surface area contributed by atoms with Gasteiger partial charge < -0.3 is 5.11 Å². The summed E-state index contributed by atoms with van der Waals surface area (Å²) < 4.78 is 0. The minimum atomic E-state index is -0.808. The van der Waals surface area contributed by atoms with Gasteiger partial charge in [0.25, 0.3) is 0 Å². The van der Waals surface area contributed by atoms with Gasteiger partial charge in [0.2, 0.25) is 0 Å². The van der Waals surface area contributed by atoms with Crippen molar-refractivity contribution in [1.29, 1.82) is 0 Å². The molecule has 80 valence electrons. The second-order valence-electron chi connectivity index (χ2n) is 4.15. The van der Waals surface area contributed by atoms with Crippen molar-refractivity contribution in [3.63, 3.8) is 0 Å². The molecule has 0 saturated heterocycles. The lowest BCUT2D eigenvalue weighted by Crippen LogP contribution is -2.34. The molecule has 1 unspecified atom stereocenters. The van der Waals surface area contributed by atoms with Crippen molar-refractivity contribution in [2.24, 2.45) is 5.92 Å². The molecule has 1 fully saturated rings. The summed E-state index contributed by atoms with van der Waals surface area (Å²) >= 11 is 5.68. The van der Waals surface area contributed by atoms with Crippen LogP contribution in [0.5, 0.6) is 0 Å². The van der Waals surface area contributed by atoms with Crippen molar-refractivity contribution in [2.45, 2.75) is 25.2 Å². The third-order valence-electron chi connectivity index (χ3n) is 3.17. The van der Waals surface area contributed by atoms with Gasteiger partial charge in [-0.05, 0) is 37.3 Å². The van der Waals surface area contributed by atoms with Crippen LogP contribution < -0.4 is 0 Å². The maximum absolute atomic E-state index is 11.3. The highest BCUT2D eigenvalue weighted by atomic mass is 35.5. The van der Waals surface area contributed by atoms with Crippen molar-refractivity contribution in [3.8, 4) is 0 Å². The standard InChI is InChI=1S/C11H12ClNO2/c1-11(10(14)15,7-2-3-7)8-4-5-9(12)13-6-8/h4-7H,2-3H2,1H3,(H,14,15). The zero-order chi connectivity index (χ0) is 11.1. The first kappa shape index (κ1) is 10.4. The summed E-state index contributed by atoms with van der Waals surface area (Å²) in [6.07, 6.45) is 3.52. The third-order valence-corrected chi connectivity index (χ3v) is 3.39. The largest absolute Gasteiger partial charge is 0.481 e. The highest BCUT2D eigenvalue weighted by molar-refractivity contribution is 6.29. The fourth-order valence-corrected chi connectivity index (χ4v) is 1.99. The molecule has 1 saturated carbocycles. The van der Waals surface area contributed by atoms with Crippen LogP contribution in [-0.2, 0) is 10.2 Å². The van der Waals surface area contributed by atoms with Crippen LogP contribution in [0.2, 0.25) is 5.15 Å². The van der Waals surface area contributed by atoms with E-state index in [0.717, 1.165) is 18.4 Å². The minimum absolute atomic E-state index is 0.234. The lowest BCUT2D eigenvalue weighted by molar-refractivity contribution is -0.144. The minimum Gasteiger partial charge on any atom is -0.481 e. The van der Waals surface area contributed by atoms with Crippen LogP contribution in [0.15, 0.2) is 18.3 Å². The van der Waals surface area contributed by atoms with Crippen molar-refractivity contribution >= 4 is 17.6 Å². The zero-order valence-corrected chi connectivity index (χ0v) is 9.16. The van der Waals surface area contributed by atoms with Gasteiger partial charge in [-0.15, -0.1) is 0 Å². The fourth-order valence-electron chi connectivity index (χ4n) is 1.88. The number of hydrogen-bond acceptors (Lipinski definition) is 2. The molecule has 3 nitrogen and oxygen atoms in total. The molecule has 1 aromatic rings. The summed E-state index contributed by atoms with van der Waals surface area (Å²) in [5.41, 5.74) is -0.0701. The molecule has 1 aliphatic carbocycles. The Labute approximate surface area is 93.1 Å². The average Bonchev–Trinajstić information content (AvgIpc) is 3.00. The number of carboxylic acids is 1. The maximum atomic E-state index is 11.3. The van der Waals surface area contributed by atoms with Crippen LogP contribution >= 0.6 is 11.6 Å². The molecule has 0 aliphatic heterocycles. The number of hydrogen-bond donors (Lipinski definition) is 1. The van der Waals surface area contributed by atoms with Gasteiger partial charge in [-0.25, -0.2) is 4.98 Å². The first-order valence-corrected chi connectivity index (χ1v) is 5.28. The molecule has 15 heavy (non-hydrogen) atoms. The smallest absolute Gasteiger partial charge is 0.314 e. The van der Waals surface area contributed by atoms with E-state index in [1.165, 1.54) is 0 Å². The van der Waals surface area contributed by atoms with E-state index in [9.17, 15) is 9.90 Å². The highest BCUT2D eigenvalue weighted by Crippen LogP contribution is 2.47. The summed E-state index contributed by atoms with van der Waals surface area (Å²) in [6, 6.07) is 3.39. The molecule has 1 aliphatic rings. The van der Waals surface area contributed by atoms with Gasteiger partial charge in [0.1, 0.15) is 5.15 Å². The number of pyridine rings is 1. The van der Waals surface area contributed by atoms with E-state index >= 15 is 0 Å². The average molecular weight is 226 g/mol. The Bertz CT molecular complexity index is 386. The molecule has 0 radical (unpaired) electrons. The van der Waals surface area contributed by atoms with Crippen molar-refractivity contribution in [2.75, 3.05) is 0 Å². The number of rotatable bonds is 3. The van der Waals surface area contributed by atoms with Crippen LogP contribution in [-0.4, -0.2) is 16.1 Å². The molecule has 0 amide bonds. The Balaban J connectivity index is 2.40. The van der Waals surface area contributed by atoms with E-state index < -0.39 is 11.4 Å². The molecule has 2 rings (SSSR count). The second kappa shape index (κ2) is 3.49. The number of aliphatic carboxylic acids is 1. The SMILES string of the molecule is CC(C(=O)O)(c1ccc(Cl)nc1)C1CC1. The van der Waals surface area contributed by atoms with E-state index in [4.69, 9.17) is 11.6 Å². The van der Waals surface area contributed by atoms with Crippen molar-refractivity contribution in [1.82, 2.24) is 4.98 Å². The Morgan fingerprint density at radius 1 is 1.60 bits per heavy atom. The molecule has 1 atom stereocenters. The number of nitrogens with zero attached hydrogens (tertiary/aromatic N) is 1. The molecule has 0 aromatic carbocycles. The first-order valence-electron chi connectivity index (χ1n) is 4.90. The molecule has 1 N–H and O–H groups in total. The zero-order valence-electron chi connectivity index (χ0n) is 8.40. The van der Waals surface area contributed by atoms with Gasteiger partial charge in [-0.1, -0.05) is 17.7 Å². The molecular weight excluding hydrogens is 214 g/mol. The van der Waals surface area contributed by atoms with Crippen LogP contribution in [0.3, 0.4) is 0 Å². The van der Waals surface area contributed by atoms with Gasteiger partial charge >= 0.3 is 5.97 Å². The third kappa shape index (κ3) is 1.72. The Morgan fingerprint density at radius 2 is 2.27 bits per heavy atom.